The van der Waals surface area contributed by atoms with Gasteiger partial charge in [-0.2, -0.15) is 0 Å². The normalized spacial score (nSPS) is 17.2. The standard InChI is InChI=1S/C24H29FN2/c1-24(2,3)22-8-4-19(5-9-22)16-27(18-21-12-14-26-15-13-21)17-20-6-10-23(25)11-7-20/h4-8,10-15,22H,9,16-18H2,1-3H3. The summed E-state index contributed by atoms with van der Waals surface area (Å²) in [5.74, 6) is 0.401. The van der Waals surface area contributed by atoms with E-state index < -0.39 is 0 Å². The lowest BCUT2D eigenvalue weighted by molar-refractivity contribution is 0.274. The molecule has 0 spiro atoms. The van der Waals surface area contributed by atoms with Crippen LogP contribution in [0.4, 0.5) is 4.39 Å². The second kappa shape index (κ2) is 8.62. The van der Waals surface area contributed by atoms with Crippen LogP contribution in [0.1, 0.15) is 38.3 Å². The molecule has 0 saturated carbocycles. The number of allylic oxidation sites excluding steroid dienone is 2. The Labute approximate surface area is 162 Å². The summed E-state index contributed by atoms with van der Waals surface area (Å²) < 4.78 is 13.2. The molecule has 1 unspecified atom stereocenters. The van der Waals surface area contributed by atoms with Crippen LogP contribution in [-0.2, 0) is 13.1 Å². The van der Waals surface area contributed by atoms with Gasteiger partial charge in [0.05, 0.1) is 0 Å². The third-order valence-electron chi connectivity index (χ3n) is 5.17. The van der Waals surface area contributed by atoms with Gasteiger partial charge in [-0.25, -0.2) is 4.39 Å². The first kappa shape index (κ1) is 19.5. The lowest BCUT2D eigenvalue weighted by atomic mass is 9.76. The van der Waals surface area contributed by atoms with Crippen molar-refractivity contribution in [1.29, 1.82) is 0 Å². The van der Waals surface area contributed by atoms with Crippen LogP contribution in [0.3, 0.4) is 0 Å². The number of nitrogens with zero attached hydrogens (tertiary/aromatic N) is 2. The van der Waals surface area contributed by atoms with Crippen molar-refractivity contribution in [3.8, 4) is 0 Å². The van der Waals surface area contributed by atoms with Crippen molar-refractivity contribution >= 4 is 0 Å². The lowest BCUT2D eigenvalue weighted by Gasteiger charge is -2.30. The van der Waals surface area contributed by atoms with Crippen LogP contribution < -0.4 is 0 Å². The predicted molar refractivity (Wildman–Crippen MR) is 110 cm³/mol. The Kier molecular flexibility index (Phi) is 6.22. The summed E-state index contributed by atoms with van der Waals surface area (Å²) >= 11 is 0. The largest absolute Gasteiger partial charge is 0.291 e. The van der Waals surface area contributed by atoms with Gasteiger partial charge in [0.1, 0.15) is 5.82 Å². The molecule has 0 aliphatic heterocycles. The Bertz CT molecular complexity index is 785. The molecule has 142 valence electrons. The second-order valence-corrected chi connectivity index (χ2v) is 8.47. The quantitative estimate of drug-likeness (QED) is 0.647. The van der Waals surface area contributed by atoms with Crippen LogP contribution in [0.5, 0.6) is 0 Å². The maximum absolute atomic E-state index is 13.2. The molecule has 0 radical (unpaired) electrons. The number of pyridine rings is 1. The summed E-state index contributed by atoms with van der Waals surface area (Å²) in [6.45, 7) is 9.40. The summed E-state index contributed by atoms with van der Waals surface area (Å²) in [6.07, 6.45) is 11.8. The molecule has 3 rings (SSSR count). The SMILES string of the molecule is CC(C)(C)C1C=CC(CN(Cc2ccncc2)Cc2ccc(F)cc2)=CC1. The van der Waals surface area contributed by atoms with E-state index >= 15 is 0 Å². The highest BCUT2D eigenvalue weighted by molar-refractivity contribution is 5.27. The summed E-state index contributed by atoms with van der Waals surface area (Å²) in [5.41, 5.74) is 4.01. The monoisotopic (exact) mass is 364 g/mol. The van der Waals surface area contributed by atoms with E-state index in [4.69, 9.17) is 0 Å². The van der Waals surface area contributed by atoms with Gasteiger partial charge in [-0.1, -0.05) is 51.1 Å². The van der Waals surface area contributed by atoms with Crippen molar-refractivity contribution in [2.45, 2.75) is 40.3 Å². The fraction of sp³-hybridized carbons (Fsp3) is 0.375. The van der Waals surface area contributed by atoms with E-state index in [1.807, 2.05) is 24.5 Å². The van der Waals surface area contributed by atoms with Crippen LogP contribution in [0.25, 0.3) is 0 Å². The molecule has 3 heteroatoms. The Morgan fingerprint density at radius 1 is 0.963 bits per heavy atom. The number of hydrogen-bond donors (Lipinski definition) is 0. The molecule has 1 aliphatic rings. The third kappa shape index (κ3) is 5.86. The van der Waals surface area contributed by atoms with Gasteiger partial charge in [0.2, 0.25) is 0 Å². The molecular formula is C24H29FN2. The molecule has 0 fully saturated rings. The smallest absolute Gasteiger partial charge is 0.123 e. The minimum atomic E-state index is -0.189. The van der Waals surface area contributed by atoms with Gasteiger partial charge >= 0.3 is 0 Å². The van der Waals surface area contributed by atoms with Gasteiger partial charge in [-0.15, -0.1) is 0 Å². The van der Waals surface area contributed by atoms with E-state index in [0.717, 1.165) is 31.6 Å². The molecule has 0 N–H and O–H groups in total. The highest BCUT2D eigenvalue weighted by Gasteiger charge is 2.23. The Morgan fingerprint density at radius 2 is 1.59 bits per heavy atom. The van der Waals surface area contributed by atoms with Crippen LogP contribution in [0.2, 0.25) is 0 Å². The molecule has 1 aromatic carbocycles. The van der Waals surface area contributed by atoms with Crippen LogP contribution in [0, 0.1) is 17.2 Å². The van der Waals surface area contributed by atoms with Crippen LogP contribution >= 0.6 is 0 Å². The first-order chi connectivity index (χ1) is 12.9. The van der Waals surface area contributed by atoms with E-state index in [1.165, 1.54) is 23.3 Å². The second-order valence-electron chi connectivity index (χ2n) is 8.47. The predicted octanol–water partition coefficient (Wildman–Crippen LogP) is 5.77. The third-order valence-corrected chi connectivity index (χ3v) is 5.17. The Morgan fingerprint density at radius 3 is 2.15 bits per heavy atom. The molecule has 2 aromatic rings. The molecule has 1 aromatic heterocycles. The van der Waals surface area contributed by atoms with Crippen molar-refractivity contribution in [3.05, 3.63) is 89.5 Å². The molecular weight excluding hydrogens is 335 g/mol. The molecule has 1 aliphatic carbocycles. The highest BCUT2D eigenvalue weighted by atomic mass is 19.1. The molecule has 0 amide bonds. The highest BCUT2D eigenvalue weighted by Crippen LogP contribution is 2.33. The van der Waals surface area contributed by atoms with Gasteiger partial charge in [0.25, 0.3) is 0 Å². The number of benzene rings is 1. The number of halogens is 1. The van der Waals surface area contributed by atoms with E-state index in [-0.39, 0.29) is 5.82 Å². The number of rotatable bonds is 6. The summed E-state index contributed by atoms with van der Waals surface area (Å²) in [5, 5.41) is 0. The van der Waals surface area contributed by atoms with Gasteiger partial charge in [-0.3, -0.25) is 9.88 Å². The Hall–Kier alpha value is -2.26. The fourth-order valence-electron chi connectivity index (χ4n) is 3.44. The zero-order chi connectivity index (χ0) is 19.3. The zero-order valence-corrected chi connectivity index (χ0v) is 16.5. The minimum absolute atomic E-state index is 0.189. The molecule has 27 heavy (non-hydrogen) atoms. The molecule has 0 bridgehead atoms. The number of aromatic nitrogens is 1. The van der Waals surface area contributed by atoms with Crippen molar-refractivity contribution in [1.82, 2.24) is 9.88 Å². The van der Waals surface area contributed by atoms with Crippen molar-refractivity contribution < 1.29 is 4.39 Å². The maximum atomic E-state index is 13.2. The first-order valence-electron chi connectivity index (χ1n) is 9.63. The van der Waals surface area contributed by atoms with E-state index in [1.54, 1.807) is 0 Å². The fourth-order valence-corrected chi connectivity index (χ4v) is 3.44. The van der Waals surface area contributed by atoms with Gasteiger partial charge in [-0.05, 0) is 58.7 Å². The van der Waals surface area contributed by atoms with E-state index in [9.17, 15) is 4.39 Å². The summed E-state index contributed by atoms with van der Waals surface area (Å²) in [4.78, 5) is 6.51. The average Bonchev–Trinajstić information content (AvgIpc) is 2.64. The lowest BCUT2D eigenvalue weighted by Crippen LogP contribution is -2.26. The summed E-state index contributed by atoms with van der Waals surface area (Å²) in [7, 11) is 0. The zero-order valence-electron chi connectivity index (χ0n) is 16.5. The van der Waals surface area contributed by atoms with Gasteiger partial charge in [0.15, 0.2) is 0 Å². The molecule has 0 saturated heterocycles. The first-order valence-corrected chi connectivity index (χ1v) is 9.63. The Balaban J connectivity index is 1.71. The van der Waals surface area contributed by atoms with Gasteiger partial charge in [0, 0.05) is 32.0 Å². The van der Waals surface area contributed by atoms with E-state index in [2.05, 4.69) is 61.0 Å². The average molecular weight is 365 g/mol. The van der Waals surface area contributed by atoms with Crippen molar-refractivity contribution in [2.75, 3.05) is 6.54 Å². The maximum Gasteiger partial charge on any atom is 0.123 e. The minimum Gasteiger partial charge on any atom is -0.291 e. The molecule has 1 heterocycles. The van der Waals surface area contributed by atoms with Gasteiger partial charge < -0.3 is 0 Å². The topological polar surface area (TPSA) is 16.1 Å². The molecule has 1 atom stereocenters. The number of hydrogen-bond acceptors (Lipinski definition) is 2. The van der Waals surface area contributed by atoms with Crippen LogP contribution in [-0.4, -0.2) is 16.4 Å². The summed E-state index contributed by atoms with van der Waals surface area (Å²) in [6, 6.07) is 10.9. The van der Waals surface area contributed by atoms with Crippen molar-refractivity contribution in [2.24, 2.45) is 11.3 Å². The van der Waals surface area contributed by atoms with Crippen LogP contribution in [0.15, 0.2) is 72.6 Å². The van der Waals surface area contributed by atoms with Crippen molar-refractivity contribution in [3.63, 3.8) is 0 Å². The van der Waals surface area contributed by atoms with E-state index in [0.29, 0.717) is 11.3 Å². The molecule has 2 nitrogen and oxygen atoms in total.